The topological polar surface area (TPSA) is 64.5 Å². The van der Waals surface area contributed by atoms with E-state index in [1.807, 2.05) is 0 Å². The normalized spacial score (nSPS) is 37.7. The van der Waals surface area contributed by atoms with Gasteiger partial charge in [0.25, 0.3) is 0 Å². The Balaban J connectivity index is 0.000000132. The molecule has 12 aliphatic rings. The number of aromatic nitrogens is 4. The lowest BCUT2D eigenvalue weighted by Gasteiger charge is -2.68. The number of pyridine rings is 4. The van der Waals surface area contributed by atoms with Gasteiger partial charge in [-0.15, -0.1) is 0 Å². The van der Waals surface area contributed by atoms with Crippen LogP contribution in [0.15, 0.2) is 24.3 Å². The van der Waals surface area contributed by atoms with Crippen molar-refractivity contribution in [2.75, 3.05) is 19.6 Å². The van der Waals surface area contributed by atoms with Gasteiger partial charge in [-0.3, -0.25) is 19.9 Å². The standard InChI is InChI=1S/C20H32N2.C19H30N2.C18H28N2.C17H26N2/c1-12-11-13(2)21-16(5)18(12)22-17(6)19(7)9-10-20(22,8)15(4)14(19)3;1-12-10-14(3)20-15(4)17(12)21-16(5)19(7)9-8-18(21,6)11-13(19)2;1-12-11-13(2)19-14(3)16(12)20-15(4)17(5)7-9-18(20,6)10-8-17;1-11-10-12(2)18-13(3)16(11)19-14(4)15-6-8-17(19,5)9-7-15/h11,14-15,17H,9-10H2,1-8H3;10,13,16H,8-9,11H2,1-7H3;11,15H,7-10H2,1-6H3;10,14-15H,6-9H2,1-5H3. The van der Waals surface area contributed by atoms with E-state index >= 15 is 0 Å². The van der Waals surface area contributed by atoms with Crippen molar-refractivity contribution >= 4 is 22.7 Å². The Morgan fingerprint density at radius 3 is 1.12 bits per heavy atom. The van der Waals surface area contributed by atoms with Crippen molar-refractivity contribution in [3.63, 3.8) is 0 Å². The van der Waals surface area contributed by atoms with E-state index in [1.165, 1.54) is 151 Å². The molecule has 11 unspecified atom stereocenters. The van der Waals surface area contributed by atoms with Crippen LogP contribution in [0.2, 0.25) is 0 Å². The van der Waals surface area contributed by atoms with Gasteiger partial charge in [0.2, 0.25) is 0 Å². The highest BCUT2D eigenvalue weighted by Crippen LogP contribution is 2.62. The monoisotopic (exact) mass is 1120 g/mol. The summed E-state index contributed by atoms with van der Waals surface area (Å²) >= 11 is 0. The largest absolute Gasteiger partial charge is 0.361 e. The van der Waals surface area contributed by atoms with Gasteiger partial charge in [-0.2, -0.15) is 0 Å². The highest BCUT2D eigenvalue weighted by Gasteiger charge is 2.61. The van der Waals surface area contributed by atoms with E-state index in [4.69, 9.17) is 19.9 Å². The van der Waals surface area contributed by atoms with Crippen LogP contribution < -0.4 is 19.6 Å². The Bertz CT molecular complexity index is 2940. The fourth-order valence-electron chi connectivity index (χ4n) is 20.0. The summed E-state index contributed by atoms with van der Waals surface area (Å²) in [6.45, 7) is 60.6. The number of hydrogen-bond donors (Lipinski definition) is 0. The van der Waals surface area contributed by atoms with E-state index in [1.54, 1.807) is 0 Å². The fourth-order valence-corrected chi connectivity index (χ4v) is 20.0. The lowest BCUT2D eigenvalue weighted by atomic mass is 9.50. The fraction of sp³-hybridized carbons (Fsp3) is 0.730. The molecule has 0 spiro atoms. The second-order valence-corrected chi connectivity index (χ2v) is 31.3. The minimum Gasteiger partial charge on any atom is -0.361 e. The summed E-state index contributed by atoms with van der Waals surface area (Å²) in [4.78, 5) is 29.9. The zero-order valence-corrected chi connectivity index (χ0v) is 57.2. The summed E-state index contributed by atoms with van der Waals surface area (Å²) in [5, 5.41) is 0. The van der Waals surface area contributed by atoms with E-state index in [0.717, 1.165) is 40.5 Å². The van der Waals surface area contributed by atoms with Gasteiger partial charge in [0.15, 0.2) is 0 Å². The Kier molecular flexibility index (Phi) is 16.4. The number of hydrogen-bond acceptors (Lipinski definition) is 8. The lowest BCUT2D eigenvalue weighted by Crippen LogP contribution is -2.72. The van der Waals surface area contributed by atoms with Crippen molar-refractivity contribution < 1.29 is 0 Å². The second-order valence-electron chi connectivity index (χ2n) is 31.3. The van der Waals surface area contributed by atoms with Gasteiger partial charge < -0.3 is 19.6 Å². The first kappa shape index (κ1) is 62.3. The van der Waals surface area contributed by atoms with Crippen LogP contribution >= 0.6 is 0 Å². The minimum atomic E-state index is 0.253. The smallest absolute Gasteiger partial charge is 0.0619 e. The maximum atomic E-state index is 4.78. The molecule has 11 atom stereocenters. The number of nitrogens with zero attached hydrogens (tertiary/aromatic N) is 8. The van der Waals surface area contributed by atoms with Gasteiger partial charge in [0.05, 0.1) is 45.5 Å². The molecule has 4 aromatic heterocycles. The van der Waals surface area contributed by atoms with Gasteiger partial charge in [-0.05, 0) is 308 Å². The Morgan fingerprint density at radius 1 is 0.366 bits per heavy atom. The maximum Gasteiger partial charge on any atom is 0.0619 e. The highest BCUT2D eigenvalue weighted by molar-refractivity contribution is 5.64. The Hall–Kier alpha value is -4.20. The molecule has 16 rings (SSSR count). The second kappa shape index (κ2) is 21.6. The summed E-state index contributed by atoms with van der Waals surface area (Å²) in [6.07, 6.45) is 17.5. The lowest BCUT2D eigenvalue weighted by molar-refractivity contribution is -0.0525. The van der Waals surface area contributed by atoms with E-state index in [2.05, 4.69) is 224 Å². The number of rotatable bonds is 4. The van der Waals surface area contributed by atoms with Crippen LogP contribution in [0.25, 0.3) is 0 Å². The van der Waals surface area contributed by atoms with Crippen LogP contribution in [0.5, 0.6) is 0 Å². The van der Waals surface area contributed by atoms with Crippen molar-refractivity contribution in [2.24, 2.45) is 39.9 Å². The molecule has 0 amide bonds. The molecule has 8 aliphatic heterocycles. The molecule has 4 aliphatic carbocycles. The molecular formula is C74H116N8. The molecule has 0 aromatic carbocycles. The van der Waals surface area contributed by atoms with Gasteiger partial charge in [-0.1, -0.05) is 41.5 Å². The zero-order chi connectivity index (χ0) is 60.5. The van der Waals surface area contributed by atoms with Crippen molar-refractivity contribution in [3.8, 4) is 0 Å². The van der Waals surface area contributed by atoms with Crippen molar-refractivity contribution in [1.29, 1.82) is 0 Å². The minimum absolute atomic E-state index is 0.253. The molecular weight excluding hydrogens is 1000 g/mol. The Morgan fingerprint density at radius 2 is 0.720 bits per heavy atom. The number of fused-ring (bicyclic) bond motifs is 12. The van der Waals surface area contributed by atoms with E-state index in [0.29, 0.717) is 62.9 Å². The molecule has 4 saturated carbocycles. The summed E-state index contributed by atoms with van der Waals surface area (Å²) in [6, 6.07) is 11.4. The third kappa shape index (κ3) is 10.1. The van der Waals surface area contributed by atoms with Crippen molar-refractivity contribution in [2.45, 2.75) is 310 Å². The molecule has 82 heavy (non-hydrogen) atoms. The average molecular weight is 1120 g/mol. The van der Waals surface area contributed by atoms with Gasteiger partial charge >= 0.3 is 0 Å². The van der Waals surface area contributed by atoms with Crippen LogP contribution in [-0.2, 0) is 0 Å². The molecule has 452 valence electrons. The number of anilines is 4. The van der Waals surface area contributed by atoms with Crippen LogP contribution in [0, 0.1) is 123 Å². The van der Waals surface area contributed by atoms with Gasteiger partial charge in [0.1, 0.15) is 0 Å². The third-order valence-corrected chi connectivity index (χ3v) is 26.0. The molecule has 8 saturated heterocycles. The average Bonchev–Trinajstić information content (AvgIpc) is 1.37. The Labute approximate surface area is 501 Å². The first-order valence-corrected chi connectivity index (χ1v) is 33.0. The molecule has 12 heterocycles. The van der Waals surface area contributed by atoms with E-state index in [-0.39, 0.29) is 5.54 Å². The first-order valence-electron chi connectivity index (χ1n) is 33.0. The quantitative estimate of drug-likeness (QED) is 0.200. The summed E-state index contributed by atoms with van der Waals surface area (Å²) in [7, 11) is 0. The molecule has 0 N–H and O–H groups in total. The van der Waals surface area contributed by atoms with Crippen LogP contribution in [0.3, 0.4) is 0 Å². The summed E-state index contributed by atoms with van der Waals surface area (Å²) in [5.41, 5.74) is 23.0. The molecule has 8 nitrogen and oxygen atoms in total. The van der Waals surface area contributed by atoms with Crippen LogP contribution in [0.1, 0.15) is 248 Å². The first-order chi connectivity index (χ1) is 38.0. The summed E-state index contributed by atoms with van der Waals surface area (Å²) in [5.74, 6) is 3.17. The van der Waals surface area contributed by atoms with Gasteiger partial charge in [0, 0.05) is 69.1 Å². The molecule has 8 heteroatoms. The zero-order valence-electron chi connectivity index (χ0n) is 57.2. The van der Waals surface area contributed by atoms with E-state index < -0.39 is 0 Å². The predicted octanol–water partition coefficient (Wildman–Crippen LogP) is 18.6. The number of piperidine rings is 8. The SMILES string of the molecule is Cc1cc(C)c(N2C(C)C3(C)CCC2(C)C(C)C3C)c(C)n1.Cc1cc(C)c(N2C(C)C3(C)CCC2(C)CC3)c(C)n1.Cc1cc(C)c(N2C(C)C3(C)CCC2(C)CC3C)c(C)n1.Cc1cc(C)c(N2C(C)C3CCC2(C)CC3)c(C)n1. The number of aryl methyl sites for hydroxylation is 12. The van der Waals surface area contributed by atoms with Crippen LogP contribution in [0.4, 0.5) is 22.7 Å². The maximum absolute atomic E-state index is 4.78. The summed E-state index contributed by atoms with van der Waals surface area (Å²) < 4.78 is 0. The third-order valence-electron chi connectivity index (χ3n) is 26.0. The van der Waals surface area contributed by atoms with Gasteiger partial charge in [-0.25, -0.2) is 0 Å². The molecule has 4 aromatic rings. The van der Waals surface area contributed by atoms with Crippen LogP contribution in [-0.4, -0.2) is 66.3 Å². The predicted molar refractivity (Wildman–Crippen MR) is 351 cm³/mol. The van der Waals surface area contributed by atoms with Crippen molar-refractivity contribution in [3.05, 3.63) is 92.1 Å². The highest BCUT2D eigenvalue weighted by atomic mass is 15.3. The van der Waals surface area contributed by atoms with Crippen molar-refractivity contribution in [1.82, 2.24) is 19.9 Å². The molecule has 0 radical (unpaired) electrons. The molecule has 12 fully saturated rings. The molecule has 8 bridgehead atoms. The van der Waals surface area contributed by atoms with E-state index in [9.17, 15) is 0 Å².